The number of benzene rings is 2. The average molecular weight is 372 g/mol. The van der Waals surface area contributed by atoms with Crippen molar-refractivity contribution in [1.29, 1.82) is 0 Å². The van der Waals surface area contributed by atoms with Crippen molar-refractivity contribution >= 4 is 11.1 Å². The Labute approximate surface area is 144 Å². The largest absolute Gasteiger partial charge is 0.416 e. The fraction of sp³-hybridized carbons (Fsp3) is 0.158. The third-order valence-electron chi connectivity index (χ3n) is 4.10. The third-order valence-corrected chi connectivity index (χ3v) is 4.10. The van der Waals surface area contributed by atoms with Crippen molar-refractivity contribution in [3.05, 3.63) is 83.4 Å². The van der Waals surface area contributed by atoms with Crippen LogP contribution in [0.1, 0.15) is 16.7 Å². The van der Waals surface area contributed by atoms with Gasteiger partial charge in [0.05, 0.1) is 5.56 Å². The second-order valence-corrected chi connectivity index (χ2v) is 5.75. The van der Waals surface area contributed by atoms with E-state index in [-0.39, 0.29) is 5.56 Å². The minimum Gasteiger partial charge on any atom is -0.194 e. The summed E-state index contributed by atoms with van der Waals surface area (Å²) in [7, 11) is 0. The standard InChI is InChI=1S/C19H11F7/c20-17(21)15(12-4-2-1-3-5-12)10-11-16(18(17,22)23)13-6-8-14(9-7-13)19(24,25)26/h1-11H. The first-order chi connectivity index (χ1) is 12.0. The van der Waals surface area contributed by atoms with Gasteiger partial charge in [-0.05, 0) is 23.3 Å². The quantitative estimate of drug-likeness (QED) is 0.531. The molecule has 0 saturated carbocycles. The van der Waals surface area contributed by atoms with Crippen LogP contribution in [0.5, 0.6) is 0 Å². The summed E-state index contributed by atoms with van der Waals surface area (Å²) in [4.78, 5) is 0. The molecule has 26 heavy (non-hydrogen) atoms. The van der Waals surface area contributed by atoms with Crippen molar-refractivity contribution in [2.45, 2.75) is 18.0 Å². The maximum Gasteiger partial charge on any atom is 0.416 e. The molecule has 0 spiro atoms. The van der Waals surface area contributed by atoms with Crippen molar-refractivity contribution in [3.8, 4) is 0 Å². The van der Waals surface area contributed by atoms with E-state index in [0.717, 1.165) is 24.3 Å². The van der Waals surface area contributed by atoms with Crippen LogP contribution in [0.15, 0.2) is 66.7 Å². The lowest BCUT2D eigenvalue weighted by atomic mass is 9.83. The number of allylic oxidation sites excluding steroid dienone is 4. The molecule has 2 aromatic carbocycles. The lowest BCUT2D eigenvalue weighted by molar-refractivity contribution is -0.137. The second kappa shape index (κ2) is 6.00. The van der Waals surface area contributed by atoms with Gasteiger partial charge in [0.25, 0.3) is 0 Å². The highest BCUT2D eigenvalue weighted by Crippen LogP contribution is 2.53. The van der Waals surface area contributed by atoms with E-state index in [0.29, 0.717) is 12.1 Å². The molecule has 1 aliphatic carbocycles. The maximum absolute atomic E-state index is 14.5. The molecule has 0 atom stereocenters. The van der Waals surface area contributed by atoms with E-state index in [1.807, 2.05) is 0 Å². The molecule has 3 rings (SSSR count). The highest BCUT2D eigenvalue weighted by atomic mass is 19.4. The van der Waals surface area contributed by atoms with E-state index < -0.39 is 40.3 Å². The van der Waals surface area contributed by atoms with Gasteiger partial charge in [0.1, 0.15) is 0 Å². The molecular weight excluding hydrogens is 361 g/mol. The van der Waals surface area contributed by atoms with Gasteiger partial charge in [0.15, 0.2) is 0 Å². The lowest BCUT2D eigenvalue weighted by Crippen LogP contribution is -2.44. The van der Waals surface area contributed by atoms with Crippen molar-refractivity contribution in [2.75, 3.05) is 0 Å². The Morgan fingerprint density at radius 1 is 0.577 bits per heavy atom. The van der Waals surface area contributed by atoms with E-state index in [2.05, 4.69) is 0 Å². The minimum absolute atomic E-state index is 0.0557. The molecule has 0 heterocycles. The van der Waals surface area contributed by atoms with Crippen LogP contribution in [0.25, 0.3) is 11.1 Å². The van der Waals surface area contributed by atoms with E-state index in [9.17, 15) is 30.7 Å². The molecule has 2 aromatic rings. The van der Waals surface area contributed by atoms with Crippen LogP contribution >= 0.6 is 0 Å². The number of hydrogen-bond donors (Lipinski definition) is 0. The fourth-order valence-electron chi connectivity index (χ4n) is 2.73. The molecule has 136 valence electrons. The number of halogens is 7. The summed E-state index contributed by atoms with van der Waals surface area (Å²) < 4.78 is 95.8. The van der Waals surface area contributed by atoms with Crippen molar-refractivity contribution in [2.24, 2.45) is 0 Å². The first-order valence-electron chi connectivity index (χ1n) is 7.47. The summed E-state index contributed by atoms with van der Waals surface area (Å²) in [5, 5.41) is 0. The zero-order chi connectivity index (χ0) is 19.2. The van der Waals surface area contributed by atoms with Crippen molar-refractivity contribution in [1.82, 2.24) is 0 Å². The molecule has 0 fully saturated rings. The van der Waals surface area contributed by atoms with Crippen LogP contribution in [0.3, 0.4) is 0 Å². The lowest BCUT2D eigenvalue weighted by Gasteiger charge is -2.33. The topological polar surface area (TPSA) is 0 Å². The number of alkyl halides is 7. The molecule has 0 saturated heterocycles. The Balaban J connectivity index is 2.08. The monoisotopic (exact) mass is 372 g/mol. The zero-order valence-corrected chi connectivity index (χ0v) is 13.0. The molecule has 0 amide bonds. The SMILES string of the molecule is FC(F)(F)c1ccc(C2=CC=C(c3ccccc3)C(F)(F)C2(F)F)cc1. The highest BCUT2D eigenvalue weighted by molar-refractivity contribution is 5.86. The van der Waals surface area contributed by atoms with Crippen LogP contribution in [-0.4, -0.2) is 11.8 Å². The van der Waals surface area contributed by atoms with E-state index >= 15 is 0 Å². The summed E-state index contributed by atoms with van der Waals surface area (Å²) >= 11 is 0. The zero-order valence-electron chi connectivity index (χ0n) is 13.0. The molecule has 0 nitrogen and oxygen atoms in total. The van der Waals surface area contributed by atoms with E-state index in [4.69, 9.17) is 0 Å². The van der Waals surface area contributed by atoms with Gasteiger partial charge >= 0.3 is 18.0 Å². The smallest absolute Gasteiger partial charge is 0.194 e. The molecule has 0 unspecified atom stereocenters. The van der Waals surface area contributed by atoms with E-state index in [1.54, 1.807) is 6.07 Å². The predicted molar refractivity (Wildman–Crippen MR) is 83.7 cm³/mol. The summed E-state index contributed by atoms with van der Waals surface area (Å²) in [6, 6.07) is 9.72. The van der Waals surface area contributed by atoms with Gasteiger partial charge in [-0.15, -0.1) is 0 Å². The van der Waals surface area contributed by atoms with Gasteiger partial charge in [-0.2, -0.15) is 30.7 Å². The molecule has 0 aliphatic heterocycles. The van der Waals surface area contributed by atoms with Gasteiger partial charge in [-0.25, -0.2) is 0 Å². The molecular formula is C19H11F7. The first-order valence-corrected chi connectivity index (χ1v) is 7.47. The van der Waals surface area contributed by atoms with Crippen molar-refractivity contribution in [3.63, 3.8) is 0 Å². The second-order valence-electron chi connectivity index (χ2n) is 5.75. The summed E-state index contributed by atoms with van der Waals surface area (Å²) in [6.45, 7) is 0. The summed E-state index contributed by atoms with van der Waals surface area (Å²) in [5.74, 6) is -9.09. The number of hydrogen-bond acceptors (Lipinski definition) is 0. The summed E-state index contributed by atoms with van der Waals surface area (Å²) in [5.41, 5.74) is -3.38. The highest BCUT2D eigenvalue weighted by Gasteiger charge is 2.62. The molecule has 0 N–H and O–H groups in total. The molecule has 0 aromatic heterocycles. The molecule has 0 radical (unpaired) electrons. The Kier molecular flexibility index (Phi) is 4.21. The van der Waals surface area contributed by atoms with Gasteiger partial charge in [0.2, 0.25) is 0 Å². The summed E-state index contributed by atoms with van der Waals surface area (Å²) in [6.07, 6.45) is -2.95. The third kappa shape index (κ3) is 2.91. The molecule has 1 aliphatic rings. The Morgan fingerprint density at radius 2 is 1.00 bits per heavy atom. The van der Waals surface area contributed by atoms with Crippen LogP contribution in [-0.2, 0) is 6.18 Å². The molecule has 0 bridgehead atoms. The molecule has 7 heteroatoms. The minimum atomic E-state index is -4.65. The van der Waals surface area contributed by atoms with Gasteiger partial charge in [-0.1, -0.05) is 54.6 Å². The van der Waals surface area contributed by atoms with E-state index in [1.165, 1.54) is 24.3 Å². The van der Waals surface area contributed by atoms with Gasteiger partial charge in [0, 0.05) is 11.1 Å². The number of rotatable bonds is 2. The average Bonchev–Trinajstić information content (AvgIpc) is 2.57. The van der Waals surface area contributed by atoms with Crippen LogP contribution < -0.4 is 0 Å². The normalized spacial score (nSPS) is 18.9. The predicted octanol–water partition coefficient (Wildman–Crippen LogP) is 6.46. The van der Waals surface area contributed by atoms with Crippen LogP contribution in [0.2, 0.25) is 0 Å². The van der Waals surface area contributed by atoms with Gasteiger partial charge in [-0.3, -0.25) is 0 Å². The Hall–Kier alpha value is -2.57. The van der Waals surface area contributed by atoms with Crippen LogP contribution in [0.4, 0.5) is 30.7 Å². The Morgan fingerprint density at radius 3 is 1.42 bits per heavy atom. The fourth-order valence-corrected chi connectivity index (χ4v) is 2.73. The Bertz CT molecular complexity index is 857. The van der Waals surface area contributed by atoms with Crippen molar-refractivity contribution < 1.29 is 30.7 Å². The maximum atomic E-state index is 14.5. The first kappa shape index (κ1) is 18.2. The van der Waals surface area contributed by atoms with Gasteiger partial charge < -0.3 is 0 Å². The van der Waals surface area contributed by atoms with Crippen LogP contribution in [0, 0.1) is 0 Å².